The molecule has 0 saturated carbocycles. The van der Waals surface area contributed by atoms with Gasteiger partial charge >= 0.3 is 0 Å². The van der Waals surface area contributed by atoms with E-state index >= 15 is 0 Å². The summed E-state index contributed by atoms with van der Waals surface area (Å²) in [5.41, 5.74) is 2.76. The molecule has 1 aromatic rings. The molecular weight excluding hydrogens is 262 g/mol. The van der Waals surface area contributed by atoms with Crippen LogP contribution in [0.2, 0.25) is 0 Å². The van der Waals surface area contributed by atoms with Crippen molar-refractivity contribution in [3.63, 3.8) is 0 Å². The number of hydrogen-bond acceptors (Lipinski definition) is 3. The lowest BCUT2D eigenvalue weighted by molar-refractivity contribution is 0.0390. The van der Waals surface area contributed by atoms with Crippen molar-refractivity contribution in [3.8, 4) is 5.75 Å². The molecule has 0 aliphatic carbocycles. The number of fused-ring (bicyclic) bond motifs is 1. The van der Waals surface area contributed by atoms with Gasteiger partial charge in [-0.1, -0.05) is 19.1 Å². The van der Waals surface area contributed by atoms with Gasteiger partial charge in [-0.2, -0.15) is 0 Å². The maximum absolute atomic E-state index is 5.82. The van der Waals surface area contributed by atoms with Crippen LogP contribution < -0.4 is 10.1 Å². The fourth-order valence-corrected chi connectivity index (χ4v) is 3.52. The van der Waals surface area contributed by atoms with Gasteiger partial charge in [0.15, 0.2) is 0 Å². The fourth-order valence-electron chi connectivity index (χ4n) is 3.52. The highest BCUT2D eigenvalue weighted by Gasteiger charge is 2.27. The van der Waals surface area contributed by atoms with Gasteiger partial charge in [-0.25, -0.2) is 0 Å². The van der Waals surface area contributed by atoms with E-state index < -0.39 is 0 Å². The second-order valence-corrected chi connectivity index (χ2v) is 6.41. The molecular formula is C18H27NO2. The molecule has 116 valence electrons. The molecule has 1 fully saturated rings. The zero-order valence-corrected chi connectivity index (χ0v) is 13.2. The molecule has 21 heavy (non-hydrogen) atoms. The van der Waals surface area contributed by atoms with Crippen LogP contribution in [0.25, 0.3) is 0 Å². The lowest BCUT2D eigenvalue weighted by atomic mass is 9.87. The van der Waals surface area contributed by atoms with Crippen molar-refractivity contribution in [2.24, 2.45) is 5.92 Å². The first-order chi connectivity index (χ1) is 10.3. The van der Waals surface area contributed by atoms with E-state index in [4.69, 9.17) is 9.47 Å². The van der Waals surface area contributed by atoms with Crippen LogP contribution in [0.5, 0.6) is 5.75 Å². The summed E-state index contributed by atoms with van der Waals surface area (Å²) in [5.74, 6) is 1.66. The fraction of sp³-hybridized carbons (Fsp3) is 0.667. The highest BCUT2D eigenvalue weighted by molar-refractivity contribution is 5.41. The Kier molecular flexibility index (Phi) is 4.81. The molecule has 3 atom stereocenters. The average molecular weight is 289 g/mol. The number of benzene rings is 1. The quantitative estimate of drug-likeness (QED) is 0.900. The molecule has 2 heterocycles. The van der Waals surface area contributed by atoms with Gasteiger partial charge in [0.2, 0.25) is 0 Å². The van der Waals surface area contributed by atoms with Crippen LogP contribution >= 0.6 is 0 Å². The second-order valence-electron chi connectivity index (χ2n) is 6.41. The smallest absolute Gasteiger partial charge is 0.123 e. The third-order valence-electron chi connectivity index (χ3n) is 4.56. The Morgan fingerprint density at radius 3 is 3.05 bits per heavy atom. The van der Waals surface area contributed by atoms with E-state index in [2.05, 4.69) is 37.4 Å². The largest absolute Gasteiger partial charge is 0.490 e. The maximum Gasteiger partial charge on any atom is 0.123 e. The molecule has 0 spiro atoms. The first-order valence-electron chi connectivity index (χ1n) is 8.38. The summed E-state index contributed by atoms with van der Waals surface area (Å²) in [5, 5.41) is 3.74. The first-order valence-corrected chi connectivity index (χ1v) is 8.38. The molecule has 1 N–H and O–H groups in total. The Morgan fingerprint density at radius 2 is 2.29 bits per heavy atom. The first kappa shape index (κ1) is 14.9. The predicted molar refractivity (Wildman–Crippen MR) is 84.8 cm³/mol. The van der Waals surface area contributed by atoms with Gasteiger partial charge < -0.3 is 14.8 Å². The van der Waals surface area contributed by atoms with Crippen LogP contribution in [0, 0.1) is 5.92 Å². The van der Waals surface area contributed by atoms with Crippen molar-refractivity contribution in [2.45, 2.75) is 51.7 Å². The van der Waals surface area contributed by atoms with Gasteiger partial charge in [0.05, 0.1) is 6.61 Å². The van der Waals surface area contributed by atoms with E-state index in [1.807, 2.05) is 0 Å². The Hall–Kier alpha value is -1.06. The molecule has 1 aromatic carbocycles. The SMILES string of the molecule is CCCNC(c1ccc2c(c1)CC(C)O2)C1CCCOC1. The van der Waals surface area contributed by atoms with Gasteiger partial charge in [-0.3, -0.25) is 0 Å². The lowest BCUT2D eigenvalue weighted by Gasteiger charge is -2.31. The average Bonchev–Trinajstić information content (AvgIpc) is 2.88. The molecule has 1 saturated heterocycles. The minimum atomic E-state index is 0.315. The zero-order chi connectivity index (χ0) is 14.7. The summed E-state index contributed by atoms with van der Waals surface area (Å²) in [6.07, 6.45) is 4.95. The number of rotatable bonds is 5. The van der Waals surface area contributed by atoms with Gasteiger partial charge in [0, 0.05) is 25.0 Å². The molecule has 3 heteroatoms. The van der Waals surface area contributed by atoms with Crippen LogP contribution in [-0.4, -0.2) is 25.9 Å². The van der Waals surface area contributed by atoms with Crippen molar-refractivity contribution >= 4 is 0 Å². The van der Waals surface area contributed by atoms with Crippen molar-refractivity contribution in [1.82, 2.24) is 5.32 Å². The van der Waals surface area contributed by atoms with E-state index in [0.29, 0.717) is 18.1 Å². The van der Waals surface area contributed by atoms with E-state index in [-0.39, 0.29) is 0 Å². The highest BCUT2D eigenvalue weighted by Crippen LogP contribution is 2.34. The Morgan fingerprint density at radius 1 is 1.38 bits per heavy atom. The Balaban J connectivity index is 1.80. The number of nitrogens with one attached hydrogen (secondary N) is 1. The zero-order valence-electron chi connectivity index (χ0n) is 13.2. The molecule has 2 aliphatic rings. The van der Waals surface area contributed by atoms with E-state index in [9.17, 15) is 0 Å². The Labute approximate surface area is 128 Å². The molecule has 3 nitrogen and oxygen atoms in total. The van der Waals surface area contributed by atoms with E-state index in [1.165, 1.54) is 24.0 Å². The number of hydrogen-bond donors (Lipinski definition) is 1. The molecule has 0 aromatic heterocycles. The maximum atomic E-state index is 5.82. The molecule has 3 rings (SSSR count). The van der Waals surface area contributed by atoms with Crippen LogP contribution in [0.3, 0.4) is 0 Å². The third kappa shape index (κ3) is 3.41. The summed E-state index contributed by atoms with van der Waals surface area (Å²) < 4.78 is 11.5. The molecule has 2 aliphatic heterocycles. The van der Waals surface area contributed by atoms with Gasteiger partial charge in [0.25, 0.3) is 0 Å². The Bertz CT molecular complexity index is 468. The van der Waals surface area contributed by atoms with Crippen LogP contribution in [0.1, 0.15) is 50.3 Å². The predicted octanol–water partition coefficient (Wildman–Crippen LogP) is 3.48. The highest BCUT2D eigenvalue weighted by atomic mass is 16.5. The van der Waals surface area contributed by atoms with Crippen LogP contribution in [0.4, 0.5) is 0 Å². The third-order valence-corrected chi connectivity index (χ3v) is 4.56. The standard InChI is InChI=1S/C18H27NO2/c1-3-8-19-18(15-5-4-9-20-12-15)14-6-7-17-16(11-14)10-13(2)21-17/h6-7,11,13,15,18-19H,3-5,8-10,12H2,1-2H3. The van der Waals surface area contributed by atoms with Crippen molar-refractivity contribution < 1.29 is 9.47 Å². The van der Waals surface area contributed by atoms with Crippen LogP contribution in [0.15, 0.2) is 18.2 Å². The van der Waals surface area contributed by atoms with E-state index in [1.54, 1.807) is 0 Å². The normalized spacial score (nSPS) is 26.2. The topological polar surface area (TPSA) is 30.5 Å². The second kappa shape index (κ2) is 6.80. The summed E-state index contributed by atoms with van der Waals surface area (Å²) in [7, 11) is 0. The summed E-state index contributed by atoms with van der Waals surface area (Å²) in [4.78, 5) is 0. The summed E-state index contributed by atoms with van der Waals surface area (Å²) in [6, 6.07) is 7.14. The number of ether oxygens (including phenoxy) is 2. The van der Waals surface area contributed by atoms with Gasteiger partial charge in [-0.05, 0) is 49.9 Å². The molecule has 0 bridgehead atoms. The summed E-state index contributed by atoms with van der Waals surface area (Å²) >= 11 is 0. The minimum Gasteiger partial charge on any atom is -0.490 e. The summed E-state index contributed by atoms with van der Waals surface area (Å²) in [6.45, 7) is 7.23. The lowest BCUT2D eigenvalue weighted by Crippen LogP contribution is -2.33. The molecule has 3 unspecified atom stereocenters. The van der Waals surface area contributed by atoms with E-state index in [0.717, 1.165) is 38.3 Å². The van der Waals surface area contributed by atoms with Gasteiger partial charge in [0.1, 0.15) is 11.9 Å². The monoisotopic (exact) mass is 289 g/mol. The van der Waals surface area contributed by atoms with Crippen molar-refractivity contribution in [2.75, 3.05) is 19.8 Å². The van der Waals surface area contributed by atoms with Gasteiger partial charge in [-0.15, -0.1) is 0 Å². The molecule has 0 amide bonds. The molecule has 0 radical (unpaired) electrons. The van der Waals surface area contributed by atoms with Crippen LogP contribution in [-0.2, 0) is 11.2 Å². The van der Waals surface area contributed by atoms with Crippen molar-refractivity contribution in [3.05, 3.63) is 29.3 Å². The van der Waals surface area contributed by atoms with Crippen molar-refractivity contribution in [1.29, 1.82) is 0 Å². The minimum absolute atomic E-state index is 0.315.